The molecule has 2 rings (SSSR count). The molecule has 1 aromatic carbocycles. The fourth-order valence-electron chi connectivity index (χ4n) is 1.80. The summed E-state index contributed by atoms with van der Waals surface area (Å²) in [4.78, 5) is 2.27. The number of morpholine rings is 1. The summed E-state index contributed by atoms with van der Waals surface area (Å²) in [5, 5.41) is 9.82. The highest BCUT2D eigenvalue weighted by Crippen LogP contribution is 2.24. The molecule has 0 atom stereocenters. The molecule has 88 valence electrons. The summed E-state index contributed by atoms with van der Waals surface area (Å²) in [5.41, 5.74) is 0.933. The van der Waals surface area contributed by atoms with Gasteiger partial charge in [-0.05, 0) is 6.07 Å². The largest absolute Gasteiger partial charge is 0.507 e. The summed E-state index contributed by atoms with van der Waals surface area (Å²) in [6.45, 7) is 4.16. The van der Waals surface area contributed by atoms with Crippen molar-refractivity contribution in [1.82, 2.24) is 4.90 Å². The van der Waals surface area contributed by atoms with E-state index in [1.54, 1.807) is 13.2 Å². The van der Waals surface area contributed by atoms with Crippen LogP contribution in [0.4, 0.5) is 0 Å². The molecule has 1 fully saturated rings. The molecule has 0 saturated carbocycles. The van der Waals surface area contributed by atoms with E-state index in [2.05, 4.69) is 4.90 Å². The van der Waals surface area contributed by atoms with Crippen molar-refractivity contribution in [2.75, 3.05) is 33.4 Å². The van der Waals surface area contributed by atoms with Gasteiger partial charge in [0.15, 0.2) is 0 Å². The maximum Gasteiger partial charge on any atom is 0.123 e. The third-order valence-electron chi connectivity index (χ3n) is 2.79. The molecule has 0 spiro atoms. The molecule has 1 N–H and O–H groups in total. The Bertz CT molecular complexity index is 348. The van der Waals surface area contributed by atoms with Crippen LogP contribution in [0.5, 0.6) is 11.5 Å². The molecule has 0 aromatic heterocycles. The summed E-state index contributed by atoms with van der Waals surface area (Å²) in [5.74, 6) is 0.981. The van der Waals surface area contributed by atoms with E-state index in [1.807, 2.05) is 12.1 Å². The van der Waals surface area contributed by atoms with E-state index in [-0.39, 0.29) is 0 Å². The minimum absolute atomic E-state index is 0.297. The van der Waals surface area contributed by atoms with E-state index in [1.165, 1.54) is 0 Å². The number of phenolic OH excluding ortho intramolecular Hbond substituents is 1. The Kier molecular flexibility index (Phi) is 3.64. The van der Waals surface area contributed by atoms with Crippen LogP contribution >= 0.6 is 0 Å². The number of methoxy groups -OCH3 is 1. The van der Waals surface area contributed by atoms with Crippen molar-refractivity contribution in [2.24, 2.45) is 0 Å². The maximum absolute atomic E-state index is 9.82. The van der Waals surface area contributed by atoms with E-state index in [4.69, 9.17) is 9.47 Å². The molecular weight excluding hydrogens is 206 g/mol. The second kappa shape index (κ2) is 5.18. The minimum Gasteiger partial charge on any atom is -0.507 e. The zero-order valence-electron chi connectivity index (χ0n) is 9.48. The summed E-state index contributed by atoms with van der Waals surface area (Å²) in [6, 6.07) is 5.43. The van der Waals surface area contributed by atoms with Gasteiger partial charge in [-0.25, -0.2) is 0 Å². The van der Waals surface area contributed by atoms with E-state index < -0.39 is 0 Å². The number of hydrogen-bond acceptors (Lipinski definition) is 4. The quantitative estimate of drug-likeness (QED) is 0.837. The average molecular weight is 223 g/mol. The van der Waals surface area contributed by atoms with Crippen molar-refractivity contribution in [3.8, 4) is 11.5 Å². The van der Waals surface area contributed by atoms with Crippen LogP contribution in [0, 0.1) is 0 Å². The van der Waals surface area contributed by atoms with Gasteiger partial charge in [0.25, 0.3) is 0 Å². The first-order chi connectivity index (χ1) is 7.79. The minimum atomic E-state index is 0.297. The number of phenols is 1. The zero-order chi connectivity index (χ0) is 11.4. The van der Waals surface area contributed by atoms with Crippen LogP contribution in [-0.2, 0) is 11.3 Å². The molecule has 0 amide bonds. The molecule has 0 aliphatic carbocycles. The summed E-state index contributed by atoms with van der Waals surface area (Å²) >= 11 is 0. The standard InChI is InChI=1S/C12H17NO3/c1-15-11-3-2-10(12(14)8-11)9-13-4-6-16-7-5-13/h2-3,8,14H,4-7,9H2,1H3. The van der Waals surface area contributed by atoms with Crippen LogP contribution in [0.2, 0.25) is 0 Å². The van der Waals surface area contributed by atoms with Crippen molar-refractivity contribution in [2.45, 2.75) is 6.54 Å². The van der Waals surface area contributed by atoms with Crippen LogP contribution in [0.3, 0.4) is 0 Å². The van der Waals surface area contributed by atoms with E-state index in [9.17, 15) is 5.11 Å². The van der Waals surface area contributed by atoms with Crippen molar-refractivity contribution < 1.29 is 14.6 Å². The molecule has 16 heavy (non-hydrogen) atoms. The molecule has 1 saturated heterocycles. The van der Waals surface area contributed by atoms with Crippen molar-refractivity contribution in [3.05, 3.63) is 23.8 Å². The maximum atomic E-state index is 9.82. The third-order valence-corrected chi connectivity index (χ3v) is 2.79. The van der Waals surface area contributed by atoms with Gasteiger partial charge in [-0.1, -0.05) is 6.07 Å². The van der Waals surface area contributed by atoms with Crippen LogP contribution in [0.15, 0.2) is 18.2 Å². The van der Waals surface area contributed by atoms with E-state index in [0.29, 0.717) is 11.5 Å². The highest BCUT2D eigenvalue weighted by molar-refractivity contribution is 5.39. The lowest BCUT2D eigenvalue weighted by atomic mass is 10.1. The number of benzene rings is 1. The second-order valence-electron chi connectivity index (χ2n) is 3.88. The highest BCUT2D eigenvalue weighted by atomic mass is 16.5. The Morgan fingerprint density at radius 1 is 1.38 bits per heavy atom. The molecule has 0 radical (unpaired) electrons. The average Bonchev–Trinajstić information content (AvgIpc) is 2.33. The van der Waals surface area contributed by atoms with Crippen LogP contribution < -0.4 is 4.74 Å². The highest BCUT2D eigenvalue weighted by Gasteiger charge is 2.12. The van der Waals surface area contributed by atoms with Gasteiger partial charge in [0.1, 0.15) is 11.5 Å². The normalized spacial score (nSPS) is 17.3. The number of nitrogens with zero attached hydrogens (tertiary/aromatic N) is 1. The molecular formula is C12H17NO3. The molecule has 1 aliphatic heterocycles. The van der Waals surface area contributed by atoms with E-state index >= 15 is 0 Å². The third kappa shape index (κ3) is 2.65. The topological polar surface area (TPSA) is 41.9 Å². The summed E-state index contributed by atoms with van der Waals surface area (Å²) < 4.78 is 10.3. The van der Waals surface area contributed by atoms with E-state index in [0.717, 1.165) is 38.4 Å². The SMILES string of the molecule is COc1ccc(CN2CCOCC2)c(O)c1. The van der Waals surface area contributed by atoms with Crippen molar-refractivity contribution in [3.63, 3.8) is 0 Å². The smallest absolute Gasteiger partial charge is 0.123 e. The van der Waals surface area contributed by atoms with Gasteiger partial charge in [0.2, 0.25) is 0 Å². The molecule has 1 aliphatic rings. The second-order valence-corrected chi connectivity index (χ2v) is 3.88. The zero-order valence-corrected chi connectivity index (χ0v) is 9.48. The van der Waals surface area contributed by atoms with Gasteiger partial charge in [-0.2, -0.15) is 0 Å². The van der Waals surface area contributed by atoms with Gasteiger partial charge in [-0.3, -0.25) is 4.90 Å². The van der Waals surface area contributed by atoms with Gasteiger partial charge in [0.05, 0.1) is 20.3 Å². The van der Waals surface area contributed by atoms with Gasteiger partial charge in [-0.15, -0.1) is 0 Å². The Morgan fingerprint density at radius 2 is 2.12 bits per heavy atom. The van der Waals surface area contributed by atoms with Gasteiger partial charge in [0, 0.05) is 31.3 Å². The lowest BCUT2D eigenvalue weighted by Crippen LogP contribution is -2.35. The molecule has 4 nitrogen and oxygen atoms in total. The van der Waals surface area contributed by atoms with Gasteiger partial charge >= 0.3 is 0 Å². The van der Waals surface area contributed by atoms with Crippen molar-refractivity contribution >= 4 is 0 Å². The predicted octanol–water partition coefficient (Wildman–Crippen LogP) is 1.23. The molecule has 1 heterocycles. The summed E-state index contributed by atoms with van der Waals surface area (Å²) in [6.07, 6.45) is 0. The van der Waals surface area contributed by atoms with Crippen LogP contribution in [0.1, 0.15) is 5.56 Å². The summed E-state index contributed by atoms with van der Waals surface area (Å²) in [7, 11) is 1.59. The Balaban J connectivity index is 2.03. The Hall–Kier alpha value is -1.26. The molecule has 1 aromatic rings. The Morgan fingerprint density at radius 3 is 2.75 bits per heavy atom. The van der Waals surface area contributed by atoms with Crippen LogP contribution in [-0.4, -0.2) is 43.4 Å². The lowest BCUT2D eigenvalue weighted by Gasteiger charge is -2.26. The monoisotopic (exact) mass is 223 g/mol. The first kappa shape index (κ1) is 11.2. The number of rotatable bonds is 3. The first-order valence-electron chi connectivity index (χ1n) is 5.45. The van der Waals surface area contributed by atoms with Crippen molar-refractivity contribution in [1.29, 1.82) is 0 Å². The van der Waals surface area contributed by atoms with Crippen LogP contribution in [0.25, 0.3) is 0 Å². The number of aromatic hydroxyl groups is 1. The molecule has 0 bridgehead atoms. The number of hydrogen-bond donors (Lipinski definition) is 1. The lowest BCUT2D eigenvalue weighted by molar-refractivity contribution is 0.0339. The van der Waals surface area contributed by atoms with Gasteiger partial charge < -0.3 is 14.6 Å². The molecule has 0 unspecified atom stereocenters. The molecule has 4 heteroatoms. The number of ether oxygens (including phenoxy) is 2. The Labute approximate surface area is 95.4 Å². The fraction of sp³-hybridized carbons (Fsp3) is 0.500. The fourth-order valence-corrected chi connectivity index (χ4v) is 1.80. The predicted molar refractivity (Wildman–Crippen MR) is 60.8 cm³/mol. The first-order valence-corrected chi connectivity index (χ1v) is 5.45.